The fourth-order valence-electron chi connectivity index (χ4n) is 0.780. The Morgan fingerprint density at radius 3 is 2.00 bits per heavy atom. The molecule has 0 heterocycles. The molecule has 0 aliphatic heterocycles. The van der Waals surface area contributed by atoms with Crippen molar-refractivity contribution in [3.8, 4) is 0 Å². The van der Waals surface area contributed by atoms with Crippen LogP contribution in [-0.4, -0.2) is 19.0 Å². The number of hydrogen-bond donors (Lipinski definition) is 2. The number of alkyl halides is 2. The maximum Gasteiger partial charge on any atom is 0.242 e. The van der Waals surface area contributed by atoms with Crippen molar-refractivity contribution in [1.29, 1.82) is 0 Å². The van der Waals surface area contributed by atoms with Gasteiger partial charge in [0, 0.05) is 18.5 Å². The molecule has 2 atom stereocenters. The summed E-state index contributed by atoms with van der Waals surface area (Å²) in [6.07, 6.45) is -2.04. The molecule has 2 nitrogen and oxygen atoms in total. The van der Waals surface area contributed by atoms with Crippen molar-refractivity contribution in [2.75, 3.05) is 6.54 Å². The van der Waals surface area contributed by atoms with E-state index in [4.69, 9.17) is 11.5 Å². The van der Waals surface area contributed by atoms with E-state index in [0.29, 0.717) is 6.42 Å². The van der Waals surface area contributed by atoms with Gasteiger partial charge in [-0.25, -0.2) is 8.78 Å². The first kappa shape index (κ1) is 9.78. The normalized spacial score (nSPS) is 17.4. The highest BCUT2D eigenvalue weighted by atomic mass is 19.3. The van der Waals surface area contributed by atoms with E-state index >= 15 is 0 Å². The second-order valence-corrected chi connectivity index (χ2v) is 2.54. The Labute approximate surface area is 59.6 Å². The van der Waals surface area contributed by atoms with E-state index in [0.717, 1.165) is 0 Å². The van der Waals surface area contributed by atoms with Gasteiger partial charge in [-0.3, -0.25) is 0 Å². The predicted octanol–water partition coefficient (Wildman–Crippen LogP) is 0.564. The third-order valence-corrected chi connectivity index (χ3v) is 1.33. The van der Waals surface area contributed by atoms with Crippen LogP contribution < -0.4 is 11.5 Å². The predicted molar refractivity (Wildman–Crippen MR) is 36.8 cm³/mol. The van der Waals surface area contributed by atoms with Crippen LogP contribution in [-0.2, 0) is 0 Å². The highest BCUT2D eigenvalue weighted by Crippen LogP contribution is 2.13. The standard InChI is InChI=1S/C6H14F2N2/c1-4(10)2-5(3-9)6(7)8/h4-6H,2-3,9-10H2,1H3. The Bertz CT molecular complexity index is 85.8. The highest BCUT2D eigenvalue weighted by molar-refractivity contribution is 4.67. The van der Waals surface area contributed by atoms with Crippen molar-refractivity contribution in [2.45, 2.75) is 25.8 Å². The van der Waals surface area contributed by atoms with Crippen molar-refractivity contribution in [3.05, 3.63) is 0 Å². The van der Waals surface area contributed by atoms with Crippen LogP contribution in [0.25, 0.3) is 0 Å². The average Bonchev–Trinajstić information content (AvgIpc) is 1.81. The molecular weight excluding hydrogens is 138 g/mol. The number of halogens is 2. The molecule has 0 saturated carbocycles. The van der Waals surface area contributed by atoms with Gasteiger partial charge in [-0.2, -0.15) is 0 Å². The first-order valence-electron chi connectivity index (χ1n) is 3.31. The van der Waals surface area contributed by atoms with Crippen molar-refractivity contribution in [1.82, 2.24) is 0 Å². The average molecular weight is 152 g/mol. The molecule has 0 aromatic rings. The first-order chi connectivity index (χ1) is 4.57. The smallest absolute Gasteiger partial charge is 0.242 e. The van der Waals surface area contributed by atoms with Gasteiger partial charge in [-0.15, -0.1) is 0 Å². The van der Waals surface area contributed by atoms with E-state index < -0.39 is 12.3 Å². The van der Waals surface area contributed by atoms with Crippen molar-refractivity contribution in [2.24, 2.45) is 17.4 Å². The highest BCUT2D eigenvalue weighted by Gasteiger charge is 2.19. The lowest BCUT2D eigenvalue weighted by atomic mass is 10.0. The molecule has 10 heavy (non-hydrogen) atoms. The van der Waals surface area contributed by atoms with Gasteiger partial charge >= 0.3 is 0 Å². The van der Waals surface area contributed by atoms with Gasteiger partial charge in [-0.05, 0) is 13.3 Å². The third-order valence-electron chi connectivity index (χ3n) is 1.33. The molecule has 0 aliphatic rings. The van der Waals surface area contributed by atoms with Crippen LogP contribution in [0.4, 0.5) is 8.78 Å². The molecule has 62 valence electrons. The summed E-state index contributed by atoms with van der Waals surface area (Å²) in [4.78, 5) is 0. The SMILES string of the molecule is CC(N)CC(CN)C(F)F. The Kier molecular flexibility index (Phi) is 4.47. The lowest BCUT2D eigenvalue weighted by molar-refractivity contribution is 0.0738. The Hall–Kier alpha value is -0.220. The molecule has 0 rings (SSSR count). The fourth-order valence-corrected chi connectivity index (χ4v) is 0.780. The monoisotopic (exact) mass is 152 g/mol. The molecule has 0 fully saturated rings. The van der Waals surface area contributed by atoms with Crippen LogP contribution >= 0.6 is 0 Å². The van der Waals surface area contributed by atoms with Gasteiger partial charge in [-0.1, -0.05) is 0 Å². The second kappa shape index (κ2) is 4.57. The van der Waals surface area contributed by atoms with Gasteiger partial charge in [0.25, 0.3) is 0 Å². The summed E-state index contributed by atoms with van der Waals surface area (Å²) in [5.74, 6) is -0.736. The van der Waals surface area contributed by atoms with Gasteiger partial charge < -0.3 is 11.5 Å². The molecule has 0 bridgehead atoms. The van der Waals surface area contributed by atoms with Crippen LogP contribution in [0.15, 0.2) is 0 Å². The maximum absolute atomic E-state index is 11.9. The molecule has 0 aromatic carbocycles. The molecule has 0 saturated heterocycles. The quantitative estimate of drug-likeness (QED) is 0.618. The largest absolute Gasteiger partial charge is 0.330 e. The zero-order chi connectivity index (χ0) is 8.15. The number of nitrogens with two attached hydrogens (primary N) is 2. The van der Waals surface area contributed by atoms with Crippen LogP contribution in [0, 0.1) is 5.92 Å². The molecule has 4 N–H and O–H groups in total. The fraction of sp³-hybridized carbons (Fsp3) is 1.00. The lowest BCUT2D eigenvalue weighted by Crippen LogP contribution is -2.29. The third kappa shape index (κ3) is 3.74. The summed E-state index contributed by atoms with van der Waals surface area (Å²) in [6, 6.07) is -0.192. The maximum atomic E-state index is 11.9. The molecule has 0 radical (unpaired) electrons. The van der Waals surface area contributed by atoms with Crippen LogP contribution in [0.1, 0.15) is 13.3 Å². The van der Waals surface area contributed by atoms with Crippen molar-refractivity contribution < 1.29 is 8.78 Å². The zero-order valence-corrected chi connectivity index (χ0v) is 6.06. The van der Waals surface area contributed by atoms with E-state index in [1.54, 1.807) is 6.92 Å². The minimum Gasteiger partial charge on any atom is -0.330 e. The Balaban J connectivity index is 3.60. The molecule has 2 unspecified atom stereocenters. The van der Waals surface area contributed by atoms with E-state index in [9.17, 15) is 8.78 Å². The van der Waals surface area contributed by atoms with Gasteiger partial charge in [0.1, 0.15) is 0 Å². The minimum absolute atomic E-state index is 0.0131. The Morgan fingerprint density at radius 2 is 1.90 bits per heavy atom. The molecule has 0 amide bonds. The summed E-state index contributed by atoms with van der Waals surface area (Å²) in [7, 11) is 0. The van der Waals surface area contributed by atoms with Crippen molar-refractivity contribution in [3.63, 3.8) is 0 Å². The summed E-state index contributed by atoms with van der Waals surface area (Å²) in [6.45, 7) is 1.71. The molecular formula is C6H14F2N2. The molecule has 0 aromatic heterocycles. The lowest BCUT2D eigenvalue weighted by Gasteiger charge is -2.15. The van der Waals surface area contributed by atoms with Crippen molar-refractivity contribution >= 4 is 0 Å². The zero-order valence-electron chi connectivity index (χ0n) is 6.06. The number of rotatable bonds is 4. The van der Waals surface area contributed by atoms with E-state index in [1.807, 2.05) is 0 Å². The van der Waals surface area contributed by atoms with E-state index in [-0.39, 0.29) is 12.6 Å². The summed E-state index contributed by atoms with van der Waals surface area (Å²) in [5, 5.41) is 0. The minimum atomic E-state index is -2.34. The Morgan fingerprint density at radius 1 is 1.40 bits per heavy atom. The topological polar surface area (TPSA) is 52.0 Å². The van der Waals surface area contributed by atoms with Crippen LogP contribution in [0.2, 0.25) is 0 Å². The van der Waals surface area contributed by atoms with Gasteiger partial charge in [0.2, 0.25) is 6.43 Å². The summed E-state index contributed by atoms with van der Waals surface area (Å²) < 4.78 is 23.8. The van der Waals surface area contributed by atoms with Gasteiger partial charge in [0.05, 0.1) is 0 Å². The van der Waals surface area contributed by atoms with Crippen LogP contribution in [0.5, 0.6) is 0 Å². The van der Waals surface area contributed by atoms with E-state index in [1.165, 1.54) is 0 Å². The molecule has 0 spiro atoms. The molecule has 0 aliphatic carbocycles. The molecule has 4 heteroatoms. The summed E-state index contributed by atoms with van der Waals surface area (Å²) in [5.41, 5.74) is 10.4. The van der Waals surface area contributed by atoms with Gasteiger partial charge in [0.15, 0.2) is 0 Å². The number of hydrogen-bond acceptors (Lipinski definition) is 2. The summed E-state index contributed by atoms with van der Waals surface area (Å²) >= 11 is 0. The van der Waals surface area contributed by atoms with E-state index in [2.05, 4.69) is 0 Å². The van der Waals surface area contributed by atoms with Crippen LogP contribution in [0.3, 0.4) is 0 Å². The second-order valence-electron chi connectivity index (χ2n) is 2.54. The first-order valence-corrected chi connectivity index (χ1v) is 3.31.